The molecule has 0 bridgehead atoms. The number of hydrogen-bond donors (Lipinski definition) is 5. The van der Waals surface area contributed by atoms with E-state index in [1.54, 1.807) is 24.3 Å². The SMILES string of the molecule is O=C1CC(=S)NC(=O)C1=Cc1ccc(O)cc1.O=C1NC(=S)NC(=O)C1=Cc1ccc(O)cc1. The highest BCUT2D eigenvalue weighted by atomic mass is 32.1. The highest BCUT2D eigenvalue weighted by molar-refractivity contribution is 7.80. The van der Waals surface area contributed by atoms with Crippen LogP contribution in [0.25, 0.3) is 12.2 Å². The first kappa shape index (κ1) is 24.4. The molecular weight excluding hydrogens is 478 g/mol. The third kappa shape index (κ3) is 6.40. The maximum Gasteiger partial charge on any atom is 0.263 e. The summed E-state index contributed by atoms with van der Waals surface area (Å²) in [7, 11) is 0. The van der Waals surface area contributed by atoms with Gasteiger partial charge in [-0.25, -0.2) is 0 Å². The van der Waals surface area contributed by atoms with Crippen molar-refractivity contribution >= 4 is 70.2 Å². The van der Waals surface area contributed by atoms with Gasteiger partial charge < -0.3 is 15.5 Å². The summed E-state index contributed by atoms with van der Waals surface area (Å²) in [5, 5.41) is 25.3. The third-order valence-electron chi connectivity index (χ3n) is 4.47. The van der Waals surface area contributed by atoms with Crippen LogP contribution in [0.15, 0.2) is 59.7 Å². The molecule has 2 fully saturated rings. The third-order valence-corrected chi connectivity index (χ3v) is 4.92. The number of aromatic hydroxyl groups is 2. The molecule has 0 atom stereocenters. The molecule has 0 unspecified atom stereocenters. The second-order valence-corrected chi connectivity index (χ2v) is 7.91. The van der Waals surface area contributed by atoms with Crippen molar-refractivity contribution in [1.82, 2.24) is 16.0 Å². The number of phenols is 2. The summed E-state index contributed by atoms with van der Waals surface area (Å²) in [5.74, 6) is -1.58. The van der Waals surface area contributed by atoms with Crippen LogP contribution in [0.2, 0.25) is 0 Å². The Balaban J connectivity index is 0.000000191. The largest absolute Gasteiger partial charge is 0.508 e. The number of phenolic OH excluding ortho intramolecular Hbond substituents is 2. The lowest BCUT2D eigenvalue weighted by Gasteiger charge is -2.16. The van der Waals surface area contributed by atoms with E-state index in [4.69, 9.17) is 22.4 Å². The summed E-state index contributed by atoms with van der Waals surface area (Å²) in [5.41, 5.74) is 1.37. The fraction of sp³-hybridized carbons (Fsp3) is 0.0435. The number of ketones is 1. The first-order valence-corrected chi connectivity index (χ1v) is 10.5. The fourth-order valence-electron chi connectivity index (χ4n) is 2.83. The van der Waals surface area contributed by atoms with Gasteiger partial charge in [0, 0.05) is 0 Å². The molecule has 2 aromatic rings. The number of amides is 3. The van der Waals surface area contributed by atoms with Crippen LogP contribution in [0.5, 0.6) is 11.5 Å². The smallest absolute Gasteiger partial charge is 0.263 e. The predicted octanol–water partition coefficient (Wildman–Crippen LogP) is 1.50. The van der Waals surface area contributed by atoms with E-state index in [1.165, 1.54) is 36.4 Å². The minimum absolute atomic E-state index is 0.00264. The molecule has 0 radical (unpaired) electrons. The molecule has 4 rings (SSSR count). The van der Waals surface area contributed by atoms with Gasteiger partial charge in [-0.05, 0) is 59.8 Å². The minimum Gasteiger partial charge on any atom is -0.508 e. The van der Waals surface area contributed by atoms with Gasteiger partial charge in [0.05, 0.1) is 17.0 Å². The number of hydrogen-bond acceptors (Lipinski definition) is 8. The molecule has 0 aliphatic carbocycles. The van der Waals surface area contributed by atoms with Crippen LogP contribution in [0.4, 0.5) is 0 Å². The van der Waals surface area contributed by atoms with Crippen molar-refractivity contribution in [2.45, 2.75) is 6.42 Å². The first-order chi connectivity index (χ1) is 16.1. The maximum absolute atomic E-state index is 11.6. The number of carbonyl (C=O) groups is 4. The number of piperidine rings is 1. The van der Waals surface area contributed by atoms with Gasteiger partial charge in [-0.3, -0.25) is 29.8 Å². The van der Waals surface area contributed by atoms with Gasteiger partial charge in [0.2, 0.25) is 0 Å². The van der Waals surface area contributed by atoms with Crippen LogP contribution in [-0.4, -0.2) is 43.8 Å². The lowest BCUT2D eigenvalue weighted by molar-refractivity contribution is -0.124. The number of rotatable bonds is 2. The zero-order valence-corrected chi connectivity index (χ0v) is 19.0. The van der Waals surface area contributed by atoms with Crippen LogP contribution in [0.3, 0.4) is 0 Å². The maximum atomic E-state index is 11.6. The monoisotopic (exact) mass is 495 g/mol. The summed E-state index contributed by atoms with van der Waals surface area (Å²) >= 11 is 9.45. The Bertz CT molecular complexity index is 1120. The van der Waals surface area contributed by atoms with E-state index in [0.717, 1.165) is 0 Å². The molecular formula is C23H17N3O6S2. The van der Waals surface area contributed by atoms with Crippen molar-refractivity contribution in [2.75, 3.05) is 0 Å². The van der Waals surface area contributed by atoms with E-state index in [-0.39, 0.29) is 45.0 Å². The normalized spacial score (nSPS) is 16.8. The van der Waals surface area contributed by atoms with Crippen molar-refractivity contribution in [3.05, 3.63) is 70.8 Å². The van der Waals surface area contributed by atoms with Crippen molar-refractivity contribution in [2.24, 2.45) is 0 Å². The highest BCUT2D eigenvalue weighted by Crippen LogP contribution is 2.16. The molecule has 2 saturated heterocycles. The molecule has 5 N–H and O–H groups in total. The molecule has 3 amide bonds. The first-order valence-electron chi connectivity index (χ1n) is 9.68. The molecule has 0 saturated carbocycles. The summed E-state index contributed by atoms with van der Waals surface area (Å²) in [6.45, 7) is 0. The van der Waals surface area contributed by atoms with Gasteiger partial charge >= 0.3 is 0 Å². The van der Waals surface area contributed by atoms with Crippen molar-refractivity contribution < 1.29 is 29.4 Å². The molecule has 34 heavy (non-hydrogen) atoms. The van der Waals surface area contributed by atoms with Crippen LogP contribution < -0.4 is 16.0 Å². The number of Topliss-reactive ketones (excluding diaryl/α,β-unsaturated/α-hetero) is 1. The van der Waals surface area contributed by atoms with Gasteiger partial charge in [0.25, 0.3) is 17.7 Å². The van der Waals surface area contributed by atoms with Crippen LogP contribution >= 0.6 is 24.4 Å². The van der Waals surface area contributed by atoms with Crippen LogP contribution in [0.1, 0.15) is 17.5 Å². The van der Waals surface area contributed by atoms with Gasteiger partial charge in [-0.15, -0.1) is 0 Å². The Labute approximate surface area is 204 Å². The second-order valence-electron chi connectivity index (χ2n) is 7.01. The van der Waals surface area contributed by atoms with Crippen LogP contribution in [-0.2, 0) is 19.2 Å². The van der Waals surface area contributed by atoms with E-state index in [1.807, 2.05) is 0 Å². The number of thiocarbonyl (C=S) groups is 2. The molecule has 0 spiro atoms. The highest BCUT2D eigenvalue weighted by Gasteiger charge is 2.26. The lowest BCUT2D eigenvalue weighted by Crippen LogP contribution is -2.51. The van der Waals surface area contributed by atoms with Gasteiger partial charge in [-0.2, -0.15) is 0 Å². The van der Waals surface area contributed by atoms with Crippen molar-refractivity contribution in [3.8, 4) is 11.5 Å². The Hall–Kier alpha value is -4.22. The Morgan fingerprint density at radius 2 is 1.06 bits per heavy atom. The van der Waals surface area contributed by atoms with E-state index >= 15 is 0 Å². The fourth-order valence-corrected chi connectivity index (χ4v) is 3.24. The van der Waals surface area contributed by atoms with E-state index in [2.05, 4.69) is 28.2 Å². The molecule has 2 aliphatic heterocycles. The van der Waals surface area contributed by atoms with Gasteiger partial charge in [0.1, 0.15) is 17.1 Å². The van der Waals surface area contributed by atoms with E-state index < -0.39 is 17.7 Å². The summed E-state index contributed by atoms with van der Waals surface area (Å²) in [6.07, 6.45) is 2.97. The summed E-state index contributed by atoms with van der Waals surface area (Å²) < 4.78 is 0. The van der Waals surface area contributed by atoms with Crippen molar-refractivity contribution in [1.29, 1.82) is 0 Å². The zero-order valence-electron chi connectivity index (χ0n) is 17.3. The van der Waals surface area contributed by atoms with Gasteiger partial charge in [0.15, 0.2) is 10.9 Å². The lowest BCUT2D eigenvalue weighted by atomic mass is 10.0. The average molecular weight is 496 g/mol. The van der Waals surface area contributed by atoms with Crippen molar-refractivity contribution in [3.63, 3.8) is 0 Å². The predicted molar refractivity (Wildman–Crippen MR) is 131 cm³/mol. The number of carbonyl (C=O) groups excluding carboxylic acids is 4. The zero-order chi connectivity index (χ0) is 24.8. The number of benzene rings is 2. The van der Waals surface area contributed by atoms with Gasteiger partial charge in [-0.1, -0.05) is 36.5 Å². The Morgan fingerprint density at radius 1 is 0.647 bits per heavy atom. The second kappa shape index (κ2) is 10.6. The quantitative estimate of drug-likeness (QED) is 0.240. The number of nitrogens with one attached hydrogen (secondary N) is 3. The van der Waals surface area contributed by atoms with Crippen LogP contribution in [0, 0.1) is 0 Å². The average Bonchev–Trinajstić information content (AvgIpc) is 2.76. The molecule has 9 nitrogen and oxygen atoms in total. The Kier molecular flexibility index (Phi) is 7.61. The molecule has 2 aromatic carbocycles. The molecule has 0 aromatic heterocycles. The molecule has 2 aliphatic rings. The molecule has 172 valence electrons. The summed E-state index contributed by atoms with van der Waals surface area (Å²) in [6, 6.07) is 12.3. The summed E-state index contributed by atoms with van der Waals surface area (Å²) in [4.78, 5) is 46.4. The Morgan fingerprint density at radius 3 is 1.50 bits per heavy atom. The topological polar surface area (TPSA) is 145 Å². The van der Waals surface area contributed by atoms with E-state index in [9.17, 15) is 19.2 Å². The molecule has 11 heteroatoms. The standard InChI is InChI=1S/C12H9NO3S.C11H8N2O3S/c14-8-3-1-7(2-4-8)5-9-10(15)6-11(17)13-12(9)16;14-7-3-1-6(2-4-7)5-8-9(15)12-11(17)13-10(8)16/h1-5,14H,6H2,(H,13,16,17);1-5,14H,(H2,12,13,15,16,17). The molecule has 2 heterocycles. The van der Waals surface area contributed by atoms with E-state index in [0.29, 0.717) is 11.1 Å². The minimum atomic E-state index is -0.535.